The second kappa shape index (κ2) is 5.29. The monoisotopic (exact) mass is 271 g/mol. The van der Waals surface area contributed by atoms with Gasteiger partial charge in [-0.1, -0.05) is 0 Å². The number of hydrazine groups is 1. The molecule has 1 saturated heterocycles. The van der Waals surface area contributed by atoms with Gasteiger partial charge in [-0.05, 0) is 24.1 Å². The molecule has 2 rings (SSSR count). The summed E-state index contributed by atoms with van der Waals surface area (Å²) < 4.78 is 25.9. The fourth-order valence-corrected chi connectivity index (χ4v) is 1.67. The van der Waals surface area contributed by atoms with Crippen molar-refractivity contribution in [1.82, 2.24) is 15.8 Å². The van der Waals surface area contributed by atoms with Gasteiger partial charge >= 0.3 is 6.03 Å². The number of carbonyl (C=O) groups excluding carboxylic acids is 2. The molecule has 1 atom stereocenters. The lowest BCUT2D eigenvalue weighted by Crippen LogP contribution is -2.64. The van der Waals surface area contributed by atoms with Crippen LogP contribution < -0.4 is 10.7 Å². The highest BCUT2D eigenvalue weighted by Crippen LogP contribution is 2.09. The van der Waals surface area contributed by atoms with Gasteiger partial charge in [0.25, 0.3) is 5.91 Å². The van der Waals surface area contributed by atoms with Gasteiger partial charge in [-0.2, -0.15) is 5.43 Å². The number of hydrogen-bond acceptors (Lipinski definition) is 4. The summed E-state index contributed by atoms with van der Waals surface area (Å²) in [6.07, 6.45) is -1.36. The number of aliphatic hydroxyl groups excluding tert-OH is 1. The molecular formula is C11H11F2N3O3. The molecule has 8 heteroatoms. The lowest BCUT2D eigenvalue weighted by molar-refractivity contribution is -0.135. The average molecular weight is 271 g/mol. The standard InChI is InChI=1S/C11H11F2N3O3/c12-7-3-6(4-8(13)5-7)1-2-16-11(19)14-9(17)10(18)15-16/h3-5,10,15,18H,1-2H2,(H,14,17,19). The normalized spacial score (nSPS) is 19.5. The summed E-state index contributed by atoms with van der Waals surface area (Å²) in [6.45, 7) is 0.0407. The maximum atomic E-state index is 13.0. The molecule has 0 saturated carbocycles. The van der Waals surface area contributed by atoms with Crippen molar-refractivity contribution in [3.05, 3.63) is 35.4 Å². The third-order valence-corrected chi connectivity index (χ3v) is 2.55. The SMILES string of the molecule is O=C1NC(=O)N(CCc2cc(F)cc(F)c2)NC1O. The number of benzene rings is 1. The summed E-state index contributed by atoms with van der Waals surface area (Å²) in [4.78, 5) is 22.3. The summed E-state index contributed by atoms with van der Waals surface area (Å²) >= 11 is 0. The zero-order chi connectivity index (χ0) is 14.0. The minimum absolute atomic E-state index is 0.0407. The largest absolute Gasteiger partial charge is 0.369 e. The molecule has 1 aromatic carbocycles. The van der Waals surface area contributed by atoms with Gasteiger partial charge in [0.2, 0.25) is 6.23 Å². The topological polar surface area (TPSA) is 81.7 Å². The first-order chi connectivity index (χ1) is 8.95. The van der Waals surface area contributed by atoms with Crippen molar-refractivity contribution >= 4 is 11.9 Å². The second-order valence-corrected chi connectivity index (χ2v) is 4.01. The fourth-order valence-electron chi connectivity index (χ4n) is 1.67. The van der Waals surface area contributed by atoms with E-state index in [0.717, 1.165) is 23.2 Å². The number of nitrogens with one attached hydrogen (secondary N) is 2. The molecule has 1 aliphatic heterocycles. The van der Waals surface area contributed by atoms with Crippen LogP contribution in [-0.4, -0.2) is 34.8 Å². The lowest BCUT2D eigenvalue weighted by Gasteiger charge is -2.30. The van der Waals surface area contributed by atoms with Crippen LogP contribution in [-0.2, 0) is 11.2 Å². The van der Waals surface area contributed by atoms with E-state index in [-0.39, 0.29) is 13.0 Å². The van der Waals surface area contributed by atoms with Gasteiger partial charge in [-0.15, -0.1) is 0 Å². The molecule has 0 spiro atoms. The van der Waals surface area contributed by atoms with Crippen molar-refractivity contribution in [3.8, 4) is 0 Å². The van der Waals surface area contributed by atoms with Crippen LogP contribution >= 0.6 is 0 Å². The van der Waals surface area contributed by atoms with Gasteiger partial charge in [-0.25, -0.2) is 13.6 Å². The Hall–Kier alpha value is -2.06. The molecule has 19 heavy (non-hydrogen) atoms. The number of urea groups is 1. The molecule has 102 valence electrons. The van der Waals surface area contributed by atoms with E-state index in [4.69, 9.17) is 0 Å². The van der Waals surface area contributed by atoms with Crippen molar-refractivity contribution in [3.63, 3.8) is 0 Å². The number of aliphatic hydroxyl groups is 1. The van der Waals surface area contributed by atoms with Gasteiger partial charge in [-0.3, -0.25) is 15.1 Å². The van der Waals surface area contributed by atoms with E-state index in [1.165, 1.54) is 0 Å². The molecule has 0 aromatic heterocycles. The van der Waals surface area contributed by atoms with Gasteiger partial charge in [0.1, 0.15) is 11.6 Å². The summed E-state index contributed by atoms with van der Waals surface area (Å²) in [5.74, 6) is -2.26. The number of halogens is 2. The predicted molar refractivity (Wildman–Crippen MR) is 59.4 cm³/mol. The maximum absolute atomic E-state index is 13.0. The molecule has 3 N–H and O–H groups in total. The van der Waals surface area contributed by atoms with Crippen LogP contribution in [0.5, 0.6) is 0 Å². The number of amides is 3. The summed E-state index contributed by atoms with van der Waals surface area (Å²) in [5.41, 5.74) is 2.61. The van der Waals surface area contributed by atoms with Crippen molar-refractivity contribution in [1.29, 1.82) is 0 Å². The Bertz CT molecular complexity index is 504. The van der Waals surface area contributed by atoms with Gasteiger partial charge < -0.3 is 5.11 Å². The Kier molecular flexibility index (Phi) is 3.72. The number of nitrogens with zero attached hydrogens (tertiary/aromatic N) is 1. The van der Waals surface area contributed by atoms with Crippen LogP contribution in [0.15, 0.2) is 18.2 Å². The van der Waals surface area contributed by atoms with Crippen molar-refractivity contribution in [2.75, 3.05) is 6.54 Å². The van der Waals surface area contributed by atoms with E-state index < -0.39 is 29.8 Å². The quantitative estimate of drug-likeness (QED) is 0.716. The van der Waals surface area contributed by atoms with Crippen LogP contribution in [0.3, 0.4) is 0 Å². The minimum atomic E-state index is -1.53. The highest BCUT2D eigenvalue weighted by atomic mass is 19.1. The van der Waals surface area contributed by atoms with Crippen molar-refractivity contribution in [2.45, 2.75) is 12.6 Å². The lowest BCUT2D eigenvalue weighted by atomic mass is 10.1. The third kappa shape index (κ3) is 3.24. The predicted octanol–water partition coefficient (Wildman–Crippen LogP) is -0.118. The van der Waals surface area contributed by atoms with E-state index in [2.05, 4.69) is 5.43 Å². The molecule has 1 heterocycles. The summed E-state index contributed by atoms with van der Waals surface area (Å²) in [5, 5.41) is 12.1. The highest BCUT2D eigenvalue weighted by Gasteiger charge is 2.29. The van der Waals surface area contributed by atoms with Gasteiger partial charge in [0, 0.05) is 12.6 Å². The molecule has 3 amide bonds. The fraction of sp³-hybridized carbons (Fsp3) is 0.273. The Morgan fingerprint density at radius 3 is 2.47 bits per heavy atom. The molecule has 1 aromatic rings. The first-order valence-corrected chi connectivity index (χ1v) is 5.47. The van der Waals surface area contributed by atoms with Gasteiger partial charge in [0.05, 0.1) is 0 Å². The molecule has 1 fully saturated rings. The maximum Gasteiger partial charge on any atom is 0.338 e. The Balaban J connectivity index is 1.98. The highest BCUT2D eigenvalue weighted by molar-refractivity contribution is 5.98. The van der Waals surface area contributed by atoms with E-state index in [1.807, 2.05) is 5.32 Å². The zero-order valence-corrected chi connectivity index (χ0v) is 9.69. The summed E-state index contributed by atoms with van der Waals surface area (Å²) in [7, 11) is 0. The molecule has 1 unspecified atom stereocenters. The molecule has 0 radical (unpaired) electrons. The first-order valence-electron chi connectivity index (χ1n) is 5.47. The third-order valence-electron chi connectivity index (χ3n) is 2.55. The molecule has 6 nitrogen and oxygen atoms in total. The second-order valence-electron chi connectivity index (χ2n) is 4.01. The number of imide groups is 1. The van der Waals surface area contributed by atoms with Gasteiger partial charge in [0.15, 0.2) is 0 Å². The molecule has 0 bridgehead atoms. The smallest absolute Gasteiger partial charge is 0.338 e. The number of carbonyl (C=O) groups is 2. The number of rotatable bonds is 3. The number of hydrogen-bond donors (Lipinski definition) is 3. The van der Waals surface area contributed by atoms with E-state index >= 15 is 0 Å². The Morgan fingerprint density at radius 2 is 1.84 bits per heavy atom. The average Bonchev–Trinajstić information content (AvgIpc) is 2.31. The summed E-state index contributed by atoms with van der Waals surface area (Å²) in [6, 6.07) is 2.31. The van der Waals surface area contributed by atoms with Crippen LogP contribution in [0.2, 0.25) is 0 Å². The Morgan fingerprint density at radius 1 is 1.21 bits per heavy atom. The van der Waals surface area contributed by atoms with E-state index in [9.17, 15) is 23.5 Å². The molecule has 1 aliphatic rings. The van der Waals surface area contributed by atoms with Crippen LogP contribution in [0.4, 0.5) is 13.6 Å². The van der Waals surface area contributed by atoms with Crippen LogP contribution in [0.25, 0.3) is 0 Å². The first kappa shape index (κ1) is 13.4. The zero-order valence-electron chi connectivity index (χ0n) is 9.69. The van der Waals surface area contributed by atoms with Crippen LogP contribution in [0, 0.1) is 11.6 Å². The van der Waals surface area contributed by atoms with Crippen molar-refractivity contribution < 1.29 is 23.5 Å². The van der Waals surface area contributed by atoms with E-state index in [1.54, 1.807) is 0 Å². The van der Waals surface area contributed by atoms with Crippen LogP contribution in [0.1, 0.15) is 5.56 Å². The minimum Gasteiger partial charge on any atom is -0.369 e. The van der Waals surface area contributed by atoms with E-state index in [0.29, 0.717) is 5.56 Å². The molecular weight excluding hydrogens is 260 g/mol. The molecule has 0 aliphatic carbocycles. The Labute approximate surface area is 107 Å². The van der Waals surface area contributed by atoms with Crippen molar-refractivity contribution in [2.24, 2.45) is 0 Å².